The lowest BCUT2D eigenvalue weighted by Gasteiger charge is -2.15. The van der Waals surface area contributed by atoms with Gasteiger partial charge in [0.2, 0.25) is 0 Å². The Labute approximate surface area is 265 Å². The Kier molecular flexibility index (Phi) is 10.7. The maximum atomic E-state index is 13.0. The second-order valence-corrected chi connectivity index (χ2v) is 10.5. The highest BCUT2D eigenvalue weighted by Gasteiger charge is 2.10. The first-order valence-corrected chi connectivity index (χ1v) is 15.4. The summed E-state index contributed by atoms with van der Waals surface area (Å²) in [4.78, 5) is 13.0. The van der Waals surface area contributed by atoms with Crippen LogP contribution < -0.4 is 14.2 Å². The molecule has 0 aromatic heterocycles. The second kappa shape index (κ2) is 19.6. The van der Waals surface area contributed by atoms with Gasteiger partial charge in [-0.3, -0.25) is 0 Å². The number of hydrogen-bond acceptors (Lipinski definition) is 4. The van der Waals surface area contributed by atoms with E-state index in [-0.39, 0.29) is 17.4 Å². The van der Waals surface area contributed by atoms with Crippen LogP contribution in [0.3, 0.4) is 0 Å². The van der Waals surface area contributed by atoms with E-state index in [1.807, 2.05) is 6.08 Å². The van der Waals surface area contributed by atoms with Crippen molar-refractivity contribution in [1.82, 2.24) is 0 Å². The number of esters is 1. The van der Waals surface area contributed by atoms with Crippen molar-refractivity contribution >= 4 is 5.97 Å². The average molecular weight is 579 g/mol. The molecule has 0 aliphatic heterocycles. The highest BCUT2D eigenvalue weighted by Crippen LogP contribution is 2.26. The standard InChI is InChI=1S/C38H50O4/c1-4-6-8-10-11-12-13-14-16-30-40-35-24-22-34(23-25-35)38(39)42-37-28-20-33(21-29-37)32-18-26-36(27-19-32)41-31(3)17-15-9-7-5-2/h4,18-29,31H,1,5-17,30H2,2-3H3/t31-/m0/s1/i18D,19D,20D,21D,26D,27D,28D,29D. The summed E-state index contributed by atoms with van der Waals surface area (Å²) in [5.41, 5.74) is -0.710. The monoisotopic (exact) mass is 578 g/mol. The fraction of sp³-hybridized carbons (Fsp3) is 0.447. The molecular formula is C38H50O4. The Morgan fingerprint density at radius 1 is 0.762 bits per heavy atom. The molecule has 0 spiro atoms. The minimum Gasteiger partial charge on any atom is -0.494 e. The number of rotatable bonds is 21. The fourth-order valence-corrected chi connectivity index (χ4v) is 4.38. The van der Waals surface area contributed by atoms with Gasteiger partial charge in [0, 0.05) is 0 Å². The molecule has 0 bridgehead atoms. The lowest BCUT2D eigenvalue weighted by Crippen LogP contribution is -2.11. The van der Waals surface area contributed by atoms with Crippen molar-refractivity contribution in [3.63, 3.8) is 0 Å². The van der Waals surface area contributed by atoms with Crippen LogP contribution in [0.15, 0.2) is 85.3 Å². The first kappa shape index (κ1) is 23.0. The van der Waals surface area contributed by atoms with Crippen LogP contribution in [0.25, 0.3) is 11.1 Å². The Morgan fingerprint density at radius 2 is 1.33 bits per heavy atom. The molecule has 0 N–H and O–H groups in total. The summed E-state index contributed by atoms with van der Waals surface area (Å²) in [5, 5.41) is 0. The largest absolute Gasteiger partial charge is 0.494 e. The van der Waals surface area contributed by atoms with Crippen molar-refractivity contribution in [1.29, 1.82) is 0 Å². The Balaban J connectivity index is 1.71. The quantitative estimate of drug-likeness (QED) is 0.0546. The molecule has 3 aromatic carbocycles. The highest BCUT2D eigenvalue weighted by atomic mass is 16.5. The zero-order valence-corrected chi connectivity index (χ0v) is 25.2. The van der Waals surface area contributed by atoms with Crippen LogP contribution in [0.5, 0.6) is 17.2 Å². The van der Waals surface area contributed by atoms with Gasteiger partial charge in [-0.1, -0.05) is 88.5 Å². The van der Waals surface area contributed by atoms with Crippen LogP contribution in [-0.4, -0.2) is 18.7 Å². The lowest BCUT2D eigenvalue weighted by atomic mass is 10.1. The van der Waals surface area contributed by atoms with E-state index in [4.69, 9.17) is 25.2 Å². The number of allylic oxidation sites excluding steroid dienone is 1. The summed E-state index contributed by atoms with van der Waals surface area (Å²) < 4.78 is 85.6. The summed E-state index contributed by atoms with van der Waals surface area (Å²) in [7, 11) is 0. The maximum absolute atomic E-state index is 13.0. The first-order chi connectivity index (χ1) is 23.9. The van der Waals surface area contributed by atoms with Gasteiger partial charge in [-0.25, -0.2) is 4.79 Å². The summed E-state index contributed by atoms with van der Waals surface area (Å²) in [5.74, 6) is -1.16. The number of carbonyl (C=O) groups is 1. The van der Waals surface area contributed by atoms with Crippen molar-refractivity contribution in [3.05, 3.63) is 90.8 Å². The van der Waals surface area contributed by atoms with E-state index in [1.165, 1.54) is 37.8 Å². The van der Waals surface area contributed by atoms with E-state index in [1.54, 1.807) is 19.1 Å². The molecule has 0 heterocycles. The number of carbonyl (C=O) groups excluding carboxylic acids is 1. The van der Waals surface area contributed by atoms with Gasteiger partial charge in [0.15, 0.2) is 0 Å². The molecule has 0 saturated heterocycles. The average Bonchev–Trinajstić information content (AvgIpc) is 3.11. The predicted octanol–water partition coefficient (Wildman–Crippen LogP) is 11.0. The zero-order valence-electron chi connectivity index (χ0n) is 33.2. The van der Waals surface area contributed by atoms with Gasteiger partial charge >= 0.3 is 5.97 Å². The third kappa shape index (κ3) is 12.5. The Morgan fingerprint density at radius 3 is 1.95 bits per heavy atom. The summed E-state index contributed by atoms with van der Waals surface area (Å²) in [6.07, 6.45) is 15.4. The predicted molar refractivity (Wildman–Crippen MR) is 175 cm³/mol. The van der Waals surface area contributed by atoms with Gasteiger partial charge in [0.25, 0.3) is 0 Å². The third-order valence-electron chi connectivity index (χ3n) is 6.84. The van der Waals surface area contributed by atoms with Gasteiger partial charge < -0.3 is 14.2 Å². The number of benzene rings is 3. The minimum atomic E-state index is -0.896. The molecule has 226 valence electrons. The van der Waals surface area contributed by atoms with Crippen LogP contribution in [0.4, 0.5) is 0 Å². The van der Waals surface area contributed by atoms with Gasteiger partial charge in [-0.05, 0) is 98.6 Å². The second-order valence-electron chi connectivity index (χ2n) is 10.5. The maximum Gasteiger partial charge on any atom is 0.343 e. The van der Waals surface area contributed by atoms with Crippen molar-refractivity contribution in [2.45, 2.75) is 103 Å². The van der Waals surface area contributed by atoms with Gasteiger partial charge in [0.05, 0.1) is 29.2 Å². The molecule has 3 rings (SSSR count). The Bertz CT molecular complexity index is 1540. The van der Waals surface area contributed by atoms with Crippen LogP contribution >= 0.6 is 0 Å². The molecule has 4 nitrogen and oxygen atoms in total. The molecule has 0 radical (unpaired) electrons. The molecule has 0 aliphatic rings. The van der Waals surface area contributed by atoms with Crippen molar-refractivity contribution < 1.29 is 30.0 Å². The summed E-state index contributed by atoms with van der Waals surface area (Å²) in [6.45, 7) is 8.20. The molecule has 4 heteroatoms. The van der Waals surface area contributed by atoms with Crippen LogP contribution in [-0.2, 0) is 0 Å². The molecule has 0 fully saturated rings. The van der Waals surface area contributed by atoms with E-state index >= 15 is 0 Å². The van der Waals surface area contributed by atoms with Crippen LogP contribution in [0.2, 0.25) is 0 Å². The first-order valence-electron chi connectivity index (χ1n) is 19.4. The summed E-state index contributed by atoms with van der Waals surface area (Å²) >= 11 is 0. The van der Waals surface area contributed by atoms with Gasteiger partial charge in [0.1, 0.15) is 17.2 Å². The fourth-order valence-electron chi connectivity index (χ4n) is 4.38. The van der Waals surface area contributed by atoms with Gasteiger partial charge in [-0.2, -0.15) is 0 Å². The van der Waals surface area contributed by atoms with E-state index in [2.05, 4.69) is 13.5 Å². The van der Waals surface area contributed by atoms with Crippen molar-refractivity contribution in [3.8, 4) is 28.4 Å². The van der Waals surface area contributed by atoms with Gasteiger partial charge in [-0.15, -0.1) is 6.58 Å². The number of hydrogen-bond donors (Lipinski definition) is 0. The molecule has 3 aromatic rings. The van der Waals surface area contributed by atoms with Crippen molar-refractivity contribution in [2.75, 3.05) is 6.61 Å². The number of ether oxygens (including phenoxy) is 3. The molecule has 1 atom stereocenters. The normalized spacial score (nSPS) is 14.2. The zero-order chi connectivity index (χ0) is 36.8. The SMILES string of the molecule is [2H]c1c([2H])c(-c2c([2H])c([2H])c(O[C@@H](C)CCCCCC)c([2H])c2[2H])c([2H])c([2H])c1OC(=O)c1ccc(OCCCCCCCCCC=C)cc1. The Hall–Kier alpha value is -3.53. The molecule has 0 saturated carbocycles. The highest BCUT2D eigenvalue weighted by molar-refractivity contribution is 5.91. The smallest absolute Gasteiger partial charge is 0.343 e. The van der Waals surface area contributed by atoms with Crippen molar-refractivity contribution in [2.24, 2.45) is 0 Å². The van der Waals surface area contributed by atoms with E-state index in [0.717, 1.165) is 51.4 Å². The molecular weight excluding hydrogens is 520 g/mol. The molecule has 42 heavy (non-hydrogen) atoms. The van der Waals surface area contributed by atoms with E-state index in [0.29, 0.717) is 18.8 Å². The number of unbranched alkanes of at least 4 members (excludes halogenated alkanes) is 10. The van der Waals surface area contributed by atoms with E-state index < -0.39 is 71.2 Å². The molecule has 0 aliphatic carbocycles. The summed E-state index contributed by atoms with van der Waals surface area (Å²) in [6, 6.07) is 1.45. The van der Waals surface area contributed by atoms with E-state index in [9.17, 15) is 4.79 Å². The third-order valence-corrected chi connectivity index (χ3v) is 6.84. The topological polar surface area (TPSA) is 44.8 Å². The lowest BCUT2D eigenvalue weighted by molar-refractivity contribution is 0.0734. The molecule has 0 amide bonds. The van der Waals surface area contributed by atoms with Crippen LogP contribution in [0, 0.1) is 0 Å². The minimum absolute atomic E-state index is 0.115. The molecule has 0 unspecified atom stereocenters. The van der Waals surface area contributed by atoms with Crippen LogP contribution in [0.1, 0.15) is 119 Å².